The van der Waals surface area contributed by atoms with Crippen molar-refractivity contribution >= 4 is 16.7 Å². The fourth-order valence-electron chi connectivity index (χ4n) is 3.89. The number of nitrogens with one attached hydrogen (secondary N) is 1. The molecule has 3 saturated heterocycles. The SMILES string of the molecule is N#Cc1ccc2cnc(C(=O)NC3CC4CCN(CC4)C3)cc2c1. The number of amides is 1. The second kappa shape index (κ2) is 6.21. The molecule has 3 aliphatic rings. The van der Waals surface area contributed by atoms with Gasteiger partial charge in [0.05, 0.1) is 11.6 Å². The summed E-state index contributed by atoms with van der Waals surface area (Å²) >= 11 is 0. The van der Waals surface area contributed by atoms with Gasteiger partial charge in [-0.2, -0.15) is 5.26 Å². The smallest absolute Gasteiger partial charge is 0.270 e. The average Bonchev–Trinajstić information content (AvgIpc) is 2.93. The quantitative estimate of drug-likeness (QED) is 0.922. The van der Waals surface area contributed by atoms with Crippen LogP contribution in [-0.2, 0) is 0 Å². The van der Waals surface area contributed by atoms with E-state index in [1.165, 1.54) is 12.8 Å². The molecule has 5 nitrogen and oxygen atoms in total. The molecule has 5 heteroatoms. The molecule has 122 valence electrons. The molecular weight excluding hydrogens is 300 g/mol. The lowest BCUT2D eigenvalue weighted by Gasteiger charge is -2.26. The number of benzene rings is 1. The highest BCUT2D eigenvalue weighted by Gasteiger charge is 2.30. The van der Waals surface area contributed by atoms with Crippen molar-refractivity contribution in [3.05, 3.63) is 41.7 Å². The van der Waals surface area contributed by atoms with Gasteiger partial charge in [-0.25, -0.2) is 0 Å². The van der Waals surface area contributed by atoms with E-state index in [1.54, 1.807) is 24.4 Å². The van der Waals surface area contributed by atoms with Crippen LogP contribution in [0.15, 0.2) is 30.5 Å². The zero-order valence-electron chi connectivity index (χ0n) is 13.5. The summed E-state index contributed by atoms with van der Waals surface area (Å²) in [6.07, 6.45) is 5.26. The van der Waals surface area contributed by atoms with Crippen molar-refractivity contribution in [2.24, 2.45) is 5.92 Å². The van der Waals surface area contributed by atoms with E-state index in [-0.39, 0.29) is 11.9 Å². The van der Waals surface area contributed by atoms with Gasteiger partial charge >= 0.3 is 0 Å². The second-order valence-electron chi connectivity index (χ2n) is 6.89. The third kappa shape index (κ3) is 2.98. The summed E-state index contributed by atoms with van der Waals surface area (Å²) < 4.78 is 0. The van der Waals surface area contributed by atoms with E-state index in [0.717, 1.165) is 42.7 Å². The molecule has 1 aromatic heterocycles. The van der Waals surface area contributed by atoms with Crippen LogP contribution in [0.5, 0.6) is 0 Å². The summed E-state index contributed by atoms with van der Waals surface area (Å²) in [6.45, 7) is 3.25. The van der Waals surface area contributed by atoms with Crippen LogP contribution in [0.3, 0.4) is 0 Å². The Kier molecular flexibility index (Phi) is 3.91. The van der Waals surface area contributed by atoms with E-state index in [4.69, 9.17) is 5.26 Å². The van der Waals surface area contributed by atoms with Gasteiger partial charge in [-0.3, -0.25) is 9.78 Å². The predicted molar refractivity (Wildman–Crippen MR) is 91.5 cm³/mol. The predicted octanol–water partition coefficient (Wildman–Crippen LogP) is 2.32. The van der Waals surface area contributed by atoms with Gasteiger partial charge in [0, 0.05) is 24.2 Å². The number of carbonyl (C=O) groups excluding carboxylic acids is 1. The van der Waals surface area contributed by atoms with Crippen LogP contribution in [0, 0.1) is 17.2 Å². The Bertz CT molecular complexity index is 804. The molecule has 3 aliphatic heterocycles. The Labute approximate surface area is 141 Å². The summed E-state index contributed by atoms with van der Waals surface area (Å²) in [5, 5.41) is 14.0. The number of rotatable bonds is 2. The van der Waals surface area contributed by atoms with Crippen LogP contribution < -0.4 is 5.32 Å². The van der Waals surface area contributed by atoms with Gasteiger partial charge in [-0.1, -0.05) is 6.07 Å². The van der Waals surface area contributed by atoms with Crippen LogP contribution in [-0.4, -0.2) is 41.5 Å². The van der Waals surface area contributed by atoms with Crippen LogP contribution in [0.4, 0.5) is 0 Å². The number of aromatic nitrogens is 1. The number of nitrogens with zero attached hydrogens (tertiary/aromatic N) is 3. The highest BCUT2D eigenvalue weighted by molar-refractivity contribution is 5.96. The monoisotopic (exact) mass is 320 g/mol. The van der Waals surface area contributed by atoms with Crippen LogP contribution in [0.25, 0.3) is 10.8 Å². The molecule has 4 heterocycles. The van der Waals surface area contributed by atoms with Gasteiger partial charge in [-0.05, 0) is 61.9 Å². The number of nitriles is 1. The van der Waals surface area contributed by atoms with Crippen molar-refractivity contribution in [3.8, 4) is 6.07 Å². The van der Waals surface area contributed by atoms with E-state index >= 15 is 0 Å². The summed E-state index contributed by atoms with van der Waals surface area (Å²) in [6, 6.07) is 9.53. The maximum Gasteiger partial charge on any atom is 0.270 e. The Morgan fingerprint density at radius 3 is 2.88 bits per heavy atom. The van der Waals surface area contributed by atoms with Crippen LogP contribution in [0.2, 0.25) is 0 Å². The molecule has 0 aliphatic carbocycles. The van der Waals surface area contributed by atoms with Crippen molar-refractivity contribution in [2.75, 3.05) is 19.6 Å². The lowest BCUT2D eigenvalue weighted by molar-refractivity contribution is 0.0924. The largest absolute Gasteiger partial charge is 0.347 e. The minimum Gasteiger partial charge on any atom is -0.347 e. The summed E-state index contributed by atoms with van der Waals surface area (Å²) in [7, 11) is 0. The van der Waals surface area contributed by atoms with Gasteiger partial charge in [0.1, 0.15) is 5.69 Å². The number of pyridine rings is 1. The Balaban J connectivity index is 1.53. The first kappa shape index (κ1) is 15.1. The zero-order chi connectivity index (χ0) is 16.5. The first-order valence-corrected chi connectivity index (χ1v) is 8.54. The summed E-state index contributed by atoms with van der Waals surface area (Å²) in [5.74, 6) is 0.614. The van der Waals surface area contributed by atoms with Gasteiger partial charge in [0.25, 0.3) is 5.91 Å². The minimum absolute atomic E-state index is 0.119. The fraction of sp³-hybridized carbons (Fsp3) is 0.421. The average molecular weight is 320 g/mol. The molecular formula is C19H20N4O. The standard InChI is InChI=1S/C19H20N4O/c20-10-14-1-2-15-11-21-18(9-16(15)7-14)19(24)22-17-8-13-3-5-23(12-17)6-4-13/h1-2,7,9,11,13,17H,3-6,8,12H2,(H,22,24). The van der Waals surface area contributed by atoms with Gasteiger partial charge in [0.15, 0.2) is 0 Å². The maximum atomic E-state index is 12.6. The van der Waals surface area contributed by atoms with E-state index < -0.39 is 0 Å². The van der Waals surface area contributed by atoms with Gasteiger partial charge in [-0.15, -0.1) is 0 Å². The molecule has 24 heavy (non-hydrogen) atoms. The topological polar surface area (TPSA) is 69.0 Å². The molecule has 2 aromatic rings. The van der Waals surface area contributed by atoms with Crippen molar-refractivity contribution < 1.29 is 4.79 Å². The molecule has 3 fully saturated rings. The normalized spacial score (nSPS) is 25.9. The van der Waals surface area contributed by atoms with Gasteiger partial charge < -0.3 is 10.2 Å². The van der Waals surface area contributed by atoms with E-state index in [9.17, 15) is 4.79 Å². The van der Waals surface area contributed by atoms with Crippen molar-refractivity contribution in [2.45, 2.75) is 25.3 Å². The third-order valence-electron chi connectivity index (χ3n) is 5.22. The molecule has 5 rings (SSSR count). The molecule has 1 unspecified atom stereocenters. The highest BCUT2D eigenvalue weighted by atomic mass is 16.1. The van der Waals surface area contributed by atoms with Crippen LogP contribution >= 0.6 is 0 Å². The number of hydrogen-bond acceptors (Lipinski definition) is 4. The minimum atomic E-state index is -0.119. The lowest BCUT2D eigenvalue weighted by atomic mass is 9.94. The molecule has 1 N–H and O–H groups in total. The molecule has 1 amide bonds. The summed E-state index contributed by atoms with van der Waals surface area (Å²) in [4.78, 5) is 19.3. The maximum absolute atomic E-state index is 12.6. The molecule has 1 atom stereocenters. The van der Waals surface area contributed by atoms with Crippen molar-refractivity contribution in [1.29, 1.82) is 5.26 Å². The number of carbonyl (C=O) groups is 1. The summed E-state index contributed by atoms with van der Waals surface area (Å²) in [5.41, 5.74) is 1.01. The Morgan fingerprint density at radius 2 is 2.08 bits per heavy atom. The first-order chi connectivity index (χ1) is 11.7. The van der Waals surface area contributed by atoms with Crippen molar-refractivity contribution in [3.63, 3.8) is 0 Å². The molecule has 1 aromatic carbocycles. The number of fused-ring (bicyclic) bond motifs is 5. The van der Waals surface area contributed by atoms with E-state index in [1.807, 2.05) is 6.07 Å². The third-order valence-corrected chi connectivity index (χ3v) is 5.22. The number of hydrogen-bond donors (Lipinski definition) is 1. The molecule has 2 bridgehead atoms. The highest BCUT2D eigenvalue weighted by Crippen LogP contribution is 2.26. The molecule has 0 saturated carbocycles. The van der Waals surface area contributed by atoms with Crippen molar-refractivity contribution in [1.82, 2.24) is 15.2 Å². The van der Waals surface area contributed by atoms with E-state index in [0.29, 0.717) is 11.3 Å². The fourth-order valence-corrected chi connectivity index (χ4v) is 3.89. The Hall–Kier alpha value is -2.45. The van der Waals surface area contributed by atoms with Crippen LogP contribution in [0.1, 0.15) is 35.3 Å². The Morgan fingerprint density at radius 1 is 1.25 bits per heavy atom. The molecule has 0 radical (unpaired) electrons. The lowest BCUT2D eigenvalue weighted by Crippen LogP contribution is -2.42. The molecule has 0 spiro atoms. The van der Waals surface area contributed by atoms with Gasteiger partial charge in [0.2, 0.25) is 0 Å². The number of piperidine rings is 1. The van der Waals surface area contributed by atoms with E-state index in [2.05, 4.69) is 21.3 Å². The first-order valence-electron chi connectivity index (χ1n) is 8.54. The second-order valence-corrected chi connectivity index (χ2v) is 6.89. The zero-order valence-corrected chi connectivity index (χ0v) is 13.5.